The van der Waals surface area contributed by atoms with Crippen molar-refractivity contribution in [2.45, 2.75) is 154 Å². The summed E-state index contributed by atoms with van der Waals surface area (Å²) in [5, 5.41) is 0. The molecule has 0 heterocycles. The fraction of sp³-hybridized carbons (Fsp3) is 1.00. The molecule has 0 bridgehead atoms. The molecule has 0 fully saturated rings. The number of hydrogen-bond acceptors (Lipinski definition) is 2. The Labute approximate surface area is 204 Å². The average molecular weight is 497 g/mol. The van der Waals surface area contributed by atoms with Crippen LogP contribution in [-0.4, -0.2) is 22.3 Å². The fourth-order valence-corrected chi connectivity index (χ4v) is 4.83. The van der Waals surface area contributed by atoms with Crippen LogP contribution in [0.4, 0.5) is 0 Å². The number of rotatable bonds is 27. The Morgan fingerprint density at radius 3 is 0.875 bits per heavy atom. The van der Waals surface area contributed by atoms with Gasteiger partial charge in [0.25, 0.3) is 0 Å². The zero-order valence-electron chi connectivity index (χ0n) is 20.9. The van der Waals surface area contributed by atoms with Crippen molar-refractivity contribution in [3.8, 4) is 0 Å². The number of unbranched alkanes of at least 4 members (excludes halogenated alkanes) is 23. The van der Waals surface area contributed by atoms with Crippen molar-refractivity contribution in [3.63, 3.8) is 0 Å². The van der Waals surface area contributed by atoms with E-state index in [-0.39, 0.29) is 6.61 Å². The van der Waals surface area contributed by atoms with Crippen LogP contribution in [0.5, 0.6) is 0 Å². The summed E-state index contributed by atoms with van der Waals surface area (Å²) in [6, 6.07) is 0. The predicted molar refractivity (Wildman–Crippen MR) is 140 cm³/mol. The smallest absolute Gasteiger partial charge is 0.303 e. The van der Waals surface area contributed by atoms with E-state index in [9.17, 15) is 4.57 Å². The minimum absolute atomic E-state index is 0.167. The second-order valence-electron chi connectivity index (χ2n) is 9.50. The summed E-state index contributed by atoms with van der Waals surface area (Å²) < 4.78 is 15.0. The minimum Gasteiger partial charge on any atom is -0.303 e. The molecule has 0 amide bonds. The monoisotopic (exact) mass is 496 g/mol. The molecule has 0 saturated heterocycles. The molecule has 194 valence electrons. The van der Waals surface area contributed by atoms with Gasteiger partial charge in [0.15, 0.2) is 0 Å². The maximum absolute atomic E-state index is 10.5. The zero-order chi connectivity index (χ0) is 23.6. The average Bonchev–Trinajstić information content (AvgIpc) is 2.75. The molecule has 0 atom stereocenters. The molecular weight excluding hydrogens is 443 g/mol. The van der Waals surface area contributed by atoms with E-state index in [1.165, 1.54) is 135 Å². The topological polar surface area (TPSA) is 66.8 Å². The Hall–Kier alpha value is 0.400. The van der Waals surface area contributed by atoms with Crippen LogP contribution in [0.15, 0.2) is 0 Å². The van der Waals surface area contributed by atoms with Gasteiger partial charge in [0.05, 0.1) is 6.61 Å². The highest BCUT2D eigenvalue weighted by Crippen LogP contribution is 2.35. The zero-order valence-corrected chi connectivity index (χ0v) is 22.6. The normalized spacial score (nSPS) is 12.0. The Kier molecular flexibility index (Phi) is 26.3. The summed E-state index contributed by atoms with van der Waals surface area (Å²) in [6.45, 7) is 0.167. The second kappa shape index (κ2) is 26.0. The lowest BCUT2D eigenvalue weighted by molar-refractivity contribution is 0.193. The SMILES string of the molecule is O=P(O)(O)OCCCCCCCCCCCCCCCCCCCCCCCCCCCl. The van der Waals surface area contributed by atoms with Gasteiger partial charge in [0, 0.05) is 5.88 Å². The third kappa shape index (κ3) is 30.4. The lowest BCUT2D eigenvalue weighted by atomic mass is 10.0. The third-order valence-corrected chi connectivity index (χ3v) is 7.07. The minimum atomic E-state index is -4.27. The fourth-order valence-electron chi connectivity index (χ4n) is 4.27. The molecule has 6 heteroatoms. The molecule has 0 saturated carbocycles. The van der Waals surface area contributed by atoms with Crippen molar-refractivity contribution in [2.24, 2.45) is 0 Å². The largest absolute Gasteiger partial charge is 0.469 e. The van der Waals surface area contributed by atoms with Gasteiger partial charge in [0.1, 0.15) is 0 Å². The van der Waals surface area contributed by atoms with Crippen molar-refractivity contribution in [3.05, 3.63) is 0 Å². The molecule has 4 nitrogen and oxygen atoms in total. The number of alkyl halides is 1. The Balaban J connectivity index is 3.03. The van der Waals surface area contributed by atoms with Crippen molar-refractivity contribution in [1.29, 1.82) is 0 Å². The molecule has 0 radical (unpaired) electrons. The maximum atomic E-state index is 10.5. The molecule has 0 unspecified atom stereocenters. The van der Waals surface area contributed by atoms with Gasteiger partial charge in [-0.1, -0.05) is 141 Å². The first-order chi connectivity index (χ1) is 15.6. The van der Waals surface area contributed by atoms with E-state index in [0.717, 1.165) is 25.1 Å². The van der Waals surface area contributed by atoms with Gasteiger partial charge in [-0.15, -0.1) is 11.6 Å². The molecule has 0 aliphatic rings. The maximum Gasteiger partial charge on any atom is 0.469 e. The lowest BCUT2D eigenvalue weighted by Crippen LogP contribution is -1.92. The van der Waals surface area contributed by atoms with Crippen LogP contribution in [0.3, 0.4) is 0 Å². The van der Waals surface area contributed by atoms with Crippen LogP contribution in [-0.2, 0) is 9.09 Å². The number of phosphoric ester groups is 1. The highest BCUT2D eigenvalue weighted by molar-refractivity contribution is 7.46. The molecule has 0 rings (SSSR count). The van der Waals surface area contributed by atoms with Gasteiger partial charge in [-0.25, -0.2) is 4.57 Å². The first kappa shape index (κ1) is 32.4. The van der Waals surface area contributed by atoms with E-state index in [2.05, 4.69) is 4.52 Å². The van der Waals surface area contributed by atoms with Crippen LogP contribution in [0.1, 0.15) is 154 Å². The van der Waals surface area contributed by atoms with Crippen molar-refractivity contribution in [1.82, 2.24) is 0 Å². The molecule has 0 aliphatic carbocycles. The Morgan fingerprint density at radius 1 is 0.438 bits per heavy atom. The molecule has 0 aromatic heterocycles. The number of phosphoric acid groups is 1. The summed E-state index contributed by atoms with van der Waals surface area (Å²) in [5.41, 5.74) is 0. The quantitative estimate of drug-likeness (QED) is 0.0674. The van der Waals surface area contributed by atoms with Gasteiger partial charge >= 0.3 is 7.82 Å². The van der Waals surface area contributed by atoms with E-state index in [0.29, 0.717) is 0 Å². The second-order valence-corrected chi connectivity index (χ2v) is 11.1. The van der Waals surface area contributed by atoms with E-state index >= 15 is 0 Å². The van der Waals surface area contributed by atoms with Crippen LogP contribution in [0, 0.1) is 0 Å². The van der Waals surface area contributed by atoms with Crippen molar-refractivity contribution in [2.75, 3.05) is 12.5 Å². The summed E-state index contributed by atoms with van der Waals surface area (Å²) in [7, 11) is -4.27. The molecule has 0 aromatic carbocycles. The van der Waals surface area contributed by atoms with E-state index < -0.39 is 7.82 Å². The summed E-state index contributed by atoms with van der Waals surface area (Å²) in [6.07, 6.45) is 31.8. The van der Waals surface area contributed by atoms with Gasteiger partial charge in [-0.2, -0.15) is 0 Å². The molecular formula is C26H54ClO4P. The van der Waals surface area contributed by atoms with E-state index in [1.807, 2.05) is 0 Å². The summed E-state index contributed by atoms with van der Waals surface area (Å²) >= 11 is 5.70. The van der Waals surface area contributed by atoms with Crippen molar-refractivity contribution < 1.29 is 18.9 Å². The standard InChI is InChI=1S/C26H54ClO4P/c27-25-23-21-19-17-15-13-11-9-7-5-3-1-2-4-6-8-10-12-14-16-18-20-22-24-26-31-32(28,29)30/h1-26H2,(H2,28,29,30). The first-order valence-electron chi connectivity index (χ1n) is 13.8. The highest BCUT2D eigenvalue weighted by Gasteiger charge is 2.12. The summed E-state index contributed by atoms with van der Waals surface area (Å²) in [5.74, 6) is 0.828. The van der Waals surface area contributed by atoms with Crippen LogP contribution < -0.4 is 0 Å². The van der Waals surface area contributed by atoms with E-state index in [4.69, 9.17) is 21.4 Å². The molecule has 2 N–H and O–H groups in total. The summed E-state index contributed by atoms with van der Waals surface area (Å²) in [4.78, 5) is 17.2. The predicted octanol–water partition coefficient (Wildman–Crippen LogP) is 9.70. The van der Waals surface area contributed by atoms with Crippen LogP contribution in [0.25, 0.3) is 0 Å². The number of halogens is 1. The van der Waals surface area contributed by atoms with Crippen molar-refractivity contribution >= 4 is 19.4 Å². The number of hydrogen-bond donors (Lipinski definition) is 2. The van der Waals surface area contributed by atoms with Crippen LogP contribution in [0.2, 0.25) is 0 Å². The molecule has 0 aliphatic heterocycles. The lowest BCUT2D eigenvalue weighted by Gasteiger charge is -2.05. The van der Waals surface area contributed by atoms with Gasteiger partial charge in [-0.3, -0.25) is 4.52 Å². The Morgan fingerprint density at radius 2 is 0.656 bits per heavy atom. The van der Waals surface area contributed by atoms with Gasteiger partial charge < -0.3 is 9.79 Å². The van der Waals surface area contributed by atoms with Gasteiger partial charge in [-0.05, 0) is 12.8 Å². The molecule has 0 spiro atoms. The highest BCUT2D eigenvalue weighted by atomic mass is 35.5. The molecule has 0 aromatic rings. The third-order valence-electron chi connectivity index (χ3n) is 6.29. The molecule has 32 heavy (non-hydrogen) atoms. The van der Waals surface area contributed by atoms with E-state index in [1.54, 1.807) is 0 Å². The Bertz CT molecular complexity index is 403. The first-order valence-corrected chi connectivity index (χ1v) is 15.9. The van der Waals surface area contributed by atoms with Gasteiger partial charge in [0.2, 0.25) is 0 Å². The van der Waals surface area contributed by atoms with Crippen LogP contribution >= 0.6 is 19.4 Å².